The van der Waals surface area contributed by atoms with Crippen LogP contribution in [-0.2, 0) is 28.6 Å². The third kappa shape index (κ3) is 58.9. The van der Waals surface area contributed by atoms with Crippen LogP contribution < -0.4 is 0 Å². The molecule has 0 aliphatic rings. The molecular formula is C65H124O6. The minimum absolute atomic E-state index is 0.0645. The largest absolute Gasteiger partial charge is 0.462 e. The van der Waals surface area contributed by atoms with Crippen molar-refractivity contribution in [1.29, 1.82) is 0 Å². The zero-order valence-electron chi connectivity index (χ0n) is 48.3. The molecule has 71 heavy (non-hydrogen) atoms. The van der Waals surface area contributed by atoms with E-state index in [2.05, 4.69) is 32.9 Å². The predicted octanol–water partition coefficient (Wildman–Crippen LogP) is 21.7. The highest BCUT2D eigenvalue weighted by molar-refractivity contribution is 5.71. The van der Waals surface area contributed by atoms with E-state index in [1.807, 2.05) is 0 Å². The van der Waals surface area contributed by atoms with Crippen molar-refractivity contribution < 1.29 is 28.6 Å². The normalized spacial score (nSPS) is 12.0. The van der Waals surface area contributed by atoms with Crippen LogP contribution in [0.3, 0.4) is 0 Å². The Labute approximate surface area is 443 Å². The summed E-state index contributed by atoms with van der Waals surface area (Å²) in [5.74, 6) is -0.837. The van der Waals surface area contributed by atoms with Crippen molar-refractivity contribution in [2.45, 2.75) is 374 Å². The molecule has 0 rings (SSSR count). The first-order valence-corrected chi connectivity index (χ1v) is 32.2. The van der Waals surface area contributed by atoms with Crippen molar-refractivity contribution in [3.8, 4) is 0 Å². The predicted molar refractivity (Wildman–Crippen MR) is 307 cm³/mol. The van der Waals surface area contributed by atoms with Crippen LogP contribution >= 0.6 is 0 Å². The molecule has 0 aromatic rings. The minimum atomic E-state index is -0.767. The molecule has 0 saturated heterocycles. The number of allylic oxidation sites excluding steroid dienone is 2. The summed E-state index contributed by atoms with van der Waals surface area (Å²) in [6, 6.07) is 0. The van der Waals surface area contributed by atoms with Gasteiger partial charge in [0.05, 0.1) is 0 Å². The van der Waals surface area contributed by atoms with Gasteiger partial charge >= 0.3 is 17.9 Å². The monoisotopic (exact) mass is 1000 g/mol. The molecule has 6 nitrogen and oxygen atoms in total. The number of rotatable bonds is 60. The molecule has 0 N–H and O–H groups in total. The number of hydrogen-bond acceptors (Lipinski definition) is 6. The van der Waals surface area contributed by atoms with Crippen LogP contribution in [0.4, 0.5) is 0 Å². The standard InChI is InChI=1S/C65H124O6/c1-4-7-10-13-16-19-22-25-28-31-34-37-40-43-46-49-52-55-58-64(67)70-61-62(60-69-63(66)57-54-51-48-45-42-39-36-33-30-27-24-21-18-15-12-9-6-3)71-65(68)59-56-53-50-47-44-41-38-35-32-29-26-23-20-17-14-11-8-5-2/h27,30,62H,4-26,28-29,31-61H2,1-3H3/b30-27+/t62-/m1/s1. The average molecular weight is 1000 g/mol. The molecule has 6 heteroatoms. The lowest BCUT2D eigenvalue weighted by Gasteiger charge is -2.18. The fourth-order valence-corrected chi connectivity index (χ4v) is 9.91. The molecule has 0 radical (unpaired) electrons. The highest BCUT2D eigenvalue weighted by Crippen LogP contribution is 2.18. The lowest BCUT2D eigenvalue weighted by atomic mass is 10.0. The number of carbonyl (C=O) groups is 3. The Hall–Kier alpha value is -1.85. The van der Waals surface area contributed by atoms with Crippen molar-refractivity contribution >= 4 is 17.9 Å². The van der Waals surface area contributed by atoms with E-state index in [0.717, 1.165) is 57.8 Å². The maximum Gasteiger partial charge on any atom is 0.306 e. The van der Waals surface area contributed by atoms with Gasteiger partial charge in [-0.25, -0.2) is 0 Å². The Balaban J connectivity index is 4.30. The highest BCUT2D eigenvalue weighted by atomic mass is 16.6. The van der Waals surface area contributed by atoms with Gasteiger partial charge in [0.1, 0.15) is 13.2 Å². The summed E-state index contributed by atoms with van der Waals surface area (Å²) in [5.41, 5.74) is 0. The second-order valence-corrected chi connectivity index (χ2v) is 22.0. The quantitative estimate of drug-likeness (QED) is 0.0261. The Bertz CT molecular complexity index is 1100. The van der Waals surface area contributed by atoms with Gasteiger partial charge in [0.25, 0.3) is 0 Å². The minimum Gasteiger partial charge on any atom is -0.462 e. The number of esters is 3. The summed E-state index contributed by atoms with van der Waals surface area (Å²) in [4.78, 5) is 38.3. The Morgan fingerprint density at radius 3 is 0.704 bits per heavy atom. The first-order chi connectivity index (χ1) is 35.0. The maximum atomic E-state index is 12.9. The molecule has 0 spiro atoms. The Kier molecular flexibility index (Phi) is 59.1. The van der Waals surface area contributed by atoms with Crippen molar-refractivity contribution in [2.24, 2.45) is 0 Å². The van der Waals surface area contributed by atoms with Crippen molar-refractivity contribution in [3.05, 3.63) is 12.2 Å². The van der Waals surface area contributed by atoms with Gasteiger partial charge in [-0.1, -0.05) is 315 Å². The molecule has 0 saturated carbocycles. The Morgan fingerprint density at radius 1 is 0.268 bits per heavy atom. The van der Waals surface area contributed by atoms with E-state index in [1.165, 1.54) is 270 Å². The fourth-order valence-electron chi connectivity index (χ4n) is 9.91. The van der Waals surface area contributed by atoms with Crippen molar-refractivity contribution in [1.82, 2.24) is 0 Å². The molecule has 0 unspecified atom stereocenters. The number of unbranched alkanes of at least 4 members (excludes halogenated alkanes) is 47. The summed E-state index contributed by atoms with van der Waals surface area (Å²) < 4.78 is 17.0. The average Bonchev–Trinajstić information content (AvgIpc) is 3.37. The molecule has 0 amide bonds. The van der Waals surface area contributed by atoms with E-state index in [0.29, 0.717) is 19.3 Å². The molecule has 420 valence electrons. The first-order valence-electron chi connectivity index (χ1n) is 32.2. The number of hydrogen-bond donors (Lipinski definition) is 0. The third-order valence-corrected chi connectivity index (χ3v) is 14.8. The fraction of sp³-hybridized carbons (Fsp3) is 0.923. The number of ether oxygens (including phenoxy) is 3. The smallest absolute Gasteiger partial charge is 0.306 e. The molecule has 0 aromatic heterocycles. The number of carbonyl (C=O) groups excluding carboxylic acids is 3. The van der Waals surface area contributed by atoms with E-state index in [-0.39, 0.29) is 31.1 Å². The van der Waals surface area contributed by atoms with Gasteiger partial charge in [0, 0.05) is 19.3 Å². The van der Waals surface area contributed by atoms with E-state index in [9.17, 15) is 14.4 Å². The zero-order valence-corrected chi connectivity index (χ0v) is 48.3. The molecule has 0 aliphatic heterocycles. The van der Waals surface area contributed by atoms with Gasteiger partial charge in [-0.2, -0.15) is 0 Å². The van der Waals surface area contributed by atoms with Crippen LogP contribution in [0.25, 0.3) is 0 Å². The Morgan fingerprint density at radius 2 is 0.465 bits per heavy atom. The summed E-state index contributed by atoms with van der Waals surface area (Å²) in [5, 5.41) is 0. The molecule has 0 bridgehead atoms. The molecule has 0 heterocycles. The van der Waals surface area contributed by atoms with Crippen molar-refractivity contribution in [2.75, 3.05) is 13.2 Å². The van der Waals surface area contributed by atoms with Crippen molar-refractivity contribution in [3.63, 3.8) is 0 Å². The van der Waals surface area contributed by atoms with Gasteiger partial charge in [-0.05, 0) is 44.9 Å². The first kappa shape index (κ1) is 69.2. The topological polar surface area (TPSA) is 78.9 Å². The zero-order chi connectivity index (χ0) is 51.4. The molecule has 1 atom stereocenters. The van der Waals surface area contributed by atoms with Crippen LogP contribution in [0.15, 0.2) is 12.2 Å². The molecule has 0 aromatic carbocycles. The van der Waals surface area contributed by atoms with Crippen LogP contribution in [0.2, 0.25) is 0 Å². The second kappa shape index (κ2) is 60.7. The molecule has 0 fully saturated rings. The van der Waals surface area contributed by atoms with Gasteiger partial charge in [0.2, 0.25) is 0 Å². The summed E-state index contributed by atoms with van der Waals surface area (Å²) in [6.07, 6.45) is 70.7. The van der Waals surface area contributed by atoms with Gasteiger partial charge in [-0.3, -0.25) is 14.4 Å². The second-order valence-electron chi connectivity index (χ2n) is 22.0. The maximum absolute atomic E-state index is 12.9. The van der Waals surface area contributed by atoms with Crippen LogP contribution in [0.5, 0.6) is 0 Å². The van der Waals surface area contributed by atoms with Crippen LogP contribution in [0.1, 0.15) is 367 Å². The van der Waals surface area contributed by atoms with Gasteiger partial charge in [0.15, 0.2) is 6.10 Å². The molecule has 0 aliphatic carbocycles. The van der Waals surface area contributed by atoms with E-state index < -0.39 is 6.10 Å². The third-order valence-electron chi connectivity index (χ3n) is 14.8. The summed E-state index contributed by atoms with van der Waals surface area (Å²) >= 11 is 0. The van der Waals surface area contributed by atoms with Crippen LogP contribution in [-0.4, -0.2) is 37.2 Å². The lowest BCUT2D eigenvalue weighted by molar-refractivity contribution is -0.167. The lowest BCUT2D eigenvalue weighted by Crippen LogP contribution is -2.30. The summed E-state index contributed by atoms with van der Waals surface area (Å²) in [7, 11) is 0. The summed E-state index contributed by atoms with van der Waals surface area (Å²) in [6.45, 7) is 6.71. The SMILES string of the molecule is CCCCCCCC/C=C/CCCCCCCCCC(=O)OC[C@H](COC(=O)CCCCCCCCCCCCCCCCCCCC)OC(=O)CCCCCCCCCCCCCCCCCCCC. The van der Waals surface area contributed by atoms with E-state index >= 15 is 0 Å². The van der Waals surface area contributed by atoms with Gasteiger partial charge in [-0.15, -0.1) is 0 Å². The van der Waals surface area contributed by atoms with Crippen LogP contribution in [0, 0.1) is 0 Å². The van der Waals surface area contributed by atoms with E-state index in [1.54, 1.807) is 0 Å². The molecular weight excluding hydrogens is 877 g/mol. The highest BCUT2D eigenvalue weighted by Gasteiger charge is 2.19. The van der Waals surface area contributed by atoms with Gasteiger partial charge < -0.3 is 14.2 Å². The van der Waals surface area contributed by atoms with E-state index in [4.69, 9.17) is 14.2 Å².